The maximum atomic E-state index is 10.7. The van der Waals surface area contributed by atoms with Crippen molar-refractivity contribution in [1.82, 2.24) is 0 Å². The van der Waals surface area contributed by atoms with Gasteiger partial charge in [0.2, 0.25) is 0 Å². The number of hydrogen-bond donors (Lipinski definition) is 1. The summed E-state index contributed by atoms with van der Waals surface area (Å²) in [5.74, 6) is 0.753. The Bertz CT molecular complexity index is 1030. The molecule has 4 rings (SSSR count). The summed E-state index contributed by atoms with van der Waals surface area (Å²) in [7, 11) is 1.60. The van der Waals surface area contributed by atoms with Crippen molar-refractivity contribution in [2.45, 2.75) is 6.92 Å². The van der Waals surface area contributed by atoms with E-state index >= 15 is 0 Å². The Hall–Kier alpha value is -2.74. The molecule has 0 bridgehead atoms. The van der Waals surface area contributed by atoms with E-state index in [1.54, 1.807) is 7.11 Å². The van der Waals surface area contributed by atoms with Gasteiger partial charge in [-0.25, -0.2) is 0 Å². The molecule has 1 N–H and O–H groups in total. The Labute approximate surface area is 128 Å². The fraction of sp³-hybridized carbons (Fsp3) is 0.100. The number of methoxy groups -OCH3 is 1. The Morgan fingerprint density at radius 3 is 2.18 bits per heavy atom. The molecular formula is C20H16O2. The molecule has 2 nitrogen and oxygen atoms in total. The average molecular weight is 288 g/mol. The molecule has 0 fully saturated rings. The third kappa shape index (κ3) is 1.67. The maximum absolute atomic E-state index is 10.7. The number of fused-ring (bicyclic) bond motifs is 4. The molecule has 2 heteroatoms. The lowest BCUT2D eigenvalue weighted by Crippen LogP contribution is -1.90. The summed E-state index contributed by atoms with van der Waals surface area (Å²) in [5, 5.41) is 16.9. The van der Waals surface area contributed by atoms with Crippen molar-refractivity contribution in [2.75, 3.05) is 7.11 Å². The van der Waals surface area contributed by atoms with Gasteiger partial charge in [-0.05, 0) is 46.2 Å². The van der Waals surface area contributed by atoms with E-state index in [1.165, 1.54) is 10.9 Å². The van der Waals surface area contributed by atoms with Crippen LogP contribution in [0.1, 0.15) is 5.56 Å². The predicted molar refractivity (Wildman–Crippen MR) is 91.9 cm³/mol. The molecule has 0 heterocycles. The molecule has 0 aliphatic carbocycles. The summed E-state index contributed by atoms with van der Waals surface area (Å²) in [5.41, 5.74) is 1.18. The standard InChI is InChI=1S/C20H16O2/c1-12-6-5-9-15-18(12)16-10-13-7-3-4-8-14(13)11-17(16)19(21)20(15)22-2/h3-11,21H,1-2H3. The largest absolute Gasteiger partial charge is 0.504 e. The number of phenols is 1. The first kappa shape index (κ1) is 13.0. The van der Waals surface area contributed by atoms with Gasteiger partial charge in [-0.1, -0.05) is 42.5 Å². The number of aryl methyl sites for hydroxylation is 1. The van der Waals surface area contributed by atoms with Crippen LogP contribution < -0.4 is 4.74 Å². The van der Waals surface area contributed by atoms with Gasteiger partial charge in [-0.15, -0.1) is 0 Å². The highest BCUT2D eigenvalue weighted by Gasteiger charge is 2.16. The van der Waals surface area contributed by atoms with Crippen molar-refractivity contribution in [3.05, 3.63) is 60.2 Å². The van der Waals surface area contributed by atoms with Crippen molar-refractivity contribution < 1.29 is 9.84 Å². The van der Waals surface area contributed by atoms with E-state index in [4.69, 9.17) is 4.74 Å². The molecule has 0 unspecified atom stereocenters. The van der Waals surface area contributed by atoms with Gasteiger partial charge in [-0.2, -0.15) is 0 Å². The first-order valence-corrected chi connectivity index (χ1v) is 7.31. The van der Waals surface area contributed by atoms with Crippen molar-refractivity contribution >= 4 is 32.3 Å². The normalized spacial score (nSPS) is 11.4. The van der Waals surface area contributed by atoms with Crippen LogP contribution in [-0.4, -0.2) is 12.2 Å². The number of aromatic hydroxyl groups is 1. The van der Waals surface area contributed by atoms with Crippen LogP contribution in [0, 0.1) is 6.92 Å². The summed E-state index contributed by atoms with van der Waals surface area (Å²) < 4.78 is 5.48. The van der Waals surface area contributed by atoms with Gasteiger partial charge in [0.05, 0.1) is 7.11 Å². The minimum absolute atomic E-state index is 0.210. The Morgan fingerprint density at radius 2 is 1.50 bits per heavy atom. The quantitative estimate of drug-likeness (QED) is 0.387. The highest BCUT2D eigenvalue weighted by Crippen LogP contribution is 2.44. The second kappa shape index (κ2) is 4.63. The van der Waals surface area contributed by atoms with E-state index in [1.807, 2.05) is 30.3 Å². The zero-order chi connectivity index (χ0) is 15.3. The van der Waals surface area contributed by atoms with Crippen molar-refractivity contribution in [2.24, 2.45) is 0 Å². The summed E-state index contributed by atoms with van der Waals surface area (Å²) in [6.45, 7) is 2.09. The molecule has 0 atom stereocenters. The van der Waals surface area contributed by atoms with Crippen molar-refractivity contribution in [3.63, 3.8) is 0 Å². The topological polar surface area (TPSA) is 29.5 Å². The number of ether oxygens (including phenoxy) is 1. The van der Waals surface area contributed by atoms with Crippen LogP contribution in [0.25, 0.3) is 32.3 Å². The Morgan fingerprint density at radius 1 is 0.818 bits per heavy atom. The molecule has 108 valence electrons. The van der Waals surface area contributed by atoms with Gasteiger partial charge in [0, 0.05) is 10.8 Å². The van der Waals surface area contributed by atoms with Crippen molar-refractivity contribution in [1.29, 1.82) is 0 Å². The second-order valence-corrected chi connectivity index (χ2v) is 5.62. The molecule has 4 aromatic rings. The smallest absolute Gasteiger partial charge is 0.168 e. The average Bonchev–Trinajstić information content (AvgIpc) is 2.54. The van der Waals surface area contributed by atoms with Gasteiger partial charge < -0.3 is 9.84 Å². The van der Waals surface area contributed by atoms with Crippen LogP contribution in [0.4, 0.5) is 0 Å². The SMILES string of the molecule is COc1c(O)c2cc3ccccc3cc2c2c(C)cccc12. The van der Waals surface area contributed by atoms with Gasteiger partial charge in [0.25, 0.3) is 0 Å². The second-order valence-electron chi connectivity index (χ2n) is 5.62. The Balaban J connectivity index is 2.34. The number of phenolic OH excluding ortho intramolecular Hbond substituents is 1. The first-order valence-electron chi connectivity index (χ1n) is 7.31. The summed E-state index contributed by atoms with van der Waals surface area (Å²) in [6.07, 6.45) is 0. The predicted octanol–water partition coefficient (Wildman–Crippen LogP) is 5.17. The van der Waals surface area contributed by atoms with E-state index in [0.717, 1.165) is 26.9 Å². The lowest BCUT2D eigenvalue weighted by atomic mass is 9.94. The van der Waals surface area contributed by atoms with Crippen LogP contribution in [0.3, 0.4) is 0 Å². The lowest BCUT2D eigenvalue weighted by molar-refractivity contribution is 0.381. The van der Waals surface area contributed by atoms with Crippen LogP contribution in [-0.2, 0) is 0 Å². The molecule has 0 amide bonds. The molecular weight excluding hydrogens is 272 g/mol. The first-order chi connectivity index (χ1) is 10.7. The number of rotatable bonds is 1. The fourth-order valence-electron chi connectivity index (χ4n) is 3.31. The minimum atomic E-state index is 0.210. The minimum Gasteiger partial charge on any atom is -0.504 e. The third-order valence-corrected chi connectivity index (χ3v) is 4.35. The van der Waals surface area contributed by atoms with E-state index in [2.05, 4.69) is 31.2 Å². The number of benzene rings is 4. The monoisotopic (exact) mass is 288 g/mol. The zero-order valence-electron chi connectivity index (χ0n) is 12.6. The highest BCUT2D eigenvalue weighted by molar-refractivity contribution is 6.18. The number of hydrogen-bond acceptors (Lipinski definition) is 2. The third-order valence-electron chi connectivity index (χ3n) is 4.35. The van der Waals surface area contributed by atoms with E-state index in [-0.39, 0.29) is 5.75 Å². The summed E-state index contributed by atoms with van der Waals surface area (Å²) in [4.78, 5) is 0. The lowest BCUT2D eigenvalue weighted by Gasteiger charge is -2.15. The molecule has 0 saturated carbocycles. The molecule has 0 radical (unpaired) electrons. The fourth-order valence-corrected chi connectivity index (χ4v) is 3.31. The molecule has 0 saturated heterocycles. The Kier molecular flexibility index (Phi) is 2.73. The van der Waals surface area contributed by atoms with Gasteiger partial charge in [0.1, 0.15) is 0 Å². The van der Waals surface area contributed by atoms with E-state index in [9.17, 15) is 5.11 Å². The van der Waals surface area contributed by atoms with Crippen LogP contribution in [0.5, 0.6) is 11.5 Å². The van der Waals surface area contributed by atoms with Crippen molar-refractivity contribution in [3.8, 4) is 11.5 Å². The molecule has 0 aliphatic rings. The van der Waals surface area contributed by atoms with Crippen LogP contribution in [0.2, 0.25) is 0 Å². The molecule has 0 spiro atoms. The van der Waals surface area contributed by atoms with Gasteiger partial charge in [-0.3, -0.25) is 0 Å². The van der Waals surface area contributed by atoms with Gasteiger partial charge >= 0.3 is 0 Å². The molecule has 0 aromatic heterocycles. The zero-order valence-corrected chi connectivity index (χ0v) is 12.6. The van der Waals surface area contributed by atoms with Crippen LogP contribution >= 0.6 is 0 Å². The highest BCUT2D eigenvalue weighted by atomic mass is 16.5. The molecule has 22 heavy (non-hydrogen) atoms. The van der Waals surface area contributed by atoms with E-state index < -0.39 is 0 Å². The van der Waals surface area contributed by atoms with E-state index in [0.29, 0.717) is 5.75 Å². The maximum Gasteiger partial charge on any atom is 0.168 e. The molecule has 0 aliphatic heterocycles. The van der Waals surface area contributed by atoms with Gasteiger partial charge in [0.15, 0.2) is 11.5 Å². The summed E-state index contributed by atoms with van der Waals surface area (Å²) in [6, 6.07) is 18.5. The molecule has 4 aromatic carbocycles. The summed E-state index contributed by atoms with van der Waals surface area (Å²) >= 11 is 0. The van der Waals surface area contributed by atoms with Crippen LogP contribution in [0.15, 0.2) is 54.6 Å².